The Bertz CT molecular complexity index is 511. The molecule has 0 heteroatoms. The molecular formula is C22H30. The zero-order chi connectivity index (χ0) is 15.4. The van der Waals surface area contributed by atoms with Crippen LogP contribution in [-0.4, -0.2) is 0 Å². The Morgan fingerprint density at radius 2 is 1.73 bits per heavy atom. The Labute approximate surface area is 136 Å². The summed E-state index contributed by atoms with van der Waals surface area (Å²) in [5.74, 6) is 2.73. The number of hydrogen-bond acceptors (Lipinski definition) is 0. The number of aryl methyl sites for hydroxylation is 1. The molecule has 1 fully saturated rings. The van der Waals surface area contributed by atoms with Gasteiger partial charge in [-0.15, -0.1) is 6.58 Å². The van der Waals surface area contributed by atoms with Crippen LogP contribution >= 0.6 is 0 Å². The second-order valence-corrected chi connectivity index (χ2v) is 7.47. The number of benzene rings is 1. The van der Waals surface area contributed by atoms with Crippen LogP contribution in [0.5, 0.6) is 0 Å². The van der Waals surface area contributed by atoms with Gasteiger partial charge in [0, 0.05) is 0 Å². The number of hydrogen-bond donors (Lipinski definition) is 0. The number of rotatable bonds is 4. The minimum Gasteiger partial charge on any atom is -0.103 e. The largest absolute Gasteiger partial charge is 0.103 e. The molecule has 0 amide bonds. The lowest BCUT2D eigenvalue weighted by Crippen LogP contribution is -2.22. The van der Waals surface area contributed by atoms with Crippen molar-refractivity contribution in [2.45, 2.75) is 58.3 Å². The molecule has 1 atom stereocenters. The third-order valence-electron chi connectivity index (χ3n) is 5.91. The van der Waals surface area contributed by atoms with E-state index >= 15 is 0 Å². The van der Waals surface area contributed by atoms with Gasteiger partial charge in [-0.05, 0) is 81.6 Å². The lowest BCUT2D eigenvalue weighted by atomic mass is 9.71. The monoisotopic (exact) mass is 294 g/mol. The summed E-state index contributed by atoms with van der Waals surface area (Å²) in [5, 5.41) is 0. The Kier molecular flexibility index (Phi) is 5.18. The fourth-order valence-electron chi connectivity index (χ4n) is 4.32. The van der Waals surface area contributed by atoms with Gasteiger partial charge in [0.25, 0.3) is 0 Å². The van der Waals surface area contributed by atoms with Crippen molar-refractivity contribution in [1.29, 1.82) is 0 Å². The molecule has 0 heterocycles. The smallest absolute Gasteiger partial charge is 0.00671 e. The number of allylic oxidation sites excluding steroid dienone is 3. The minimum atomic E-state index is 0.799. The van der Waals surface area contributed by atoms with Crippen molar-refractivity contribution >= 4 is 0 Å². The summed E-state index contributed by atoms with van der Waals surface area (Å²) in [4.78, 5) is 0. The van der Waals surface area contributed by atoms with Crippen LogP contribution in [0.1, 0.15) is 56.1 Å². The molecule has 22 heavy (non-hydrogen) atoms. The molecular weight excluding hydrogens is 264 g/mol. The molecule has 0 radical (unpaired) electrons. The van der Waals surface area contributed by atoms with Crippen LogP contribution in [0.25, 0.3) is 0 Å². The van der Waals surface area contributed by atoms with E-state index in [1.54, 1.807) is 5.57 Å². The van der Waals surface area contributed by atoms with Gasteiger partial charge in [-0.3, -0.25) is 0 Å². The van der Waals surface area contributed by atoms with Crippen molar-refractivity contribution in [3.8, 4) is 0 Å². The summed E-state index contributed by atoms with van der Waals surface area (Å²) in [7, 11) is 0. The summed E-state index contributed by atoms with van der Waals surface area (Å²) in [6.45, 7) is 6.13. The Morgan fingerprint density at radius 1 is 1.00 bits per heavy atom. The van der Waals surface area contributed by atoms with Gasteiger partial charge in [-0.2, -0.15) is 0 Å². The van der Waals surface area contributed by atoms with Crippen LogP contribution in [0.4, 0.5) is 0 Å². The van der Waals surface area contributed by atoms with E-state index in [-0.39, 0.29) is 0 Å². The quantitative estimate of drug-likeness (QED) is 0.575. The Hall–Kier alpha value is -1.30. The predicted molar refractivity (Wildman–Crippen MR) is 96.0 cm³/mol. The highest BCUT2D eigenvalue weighted by Crippen LogP contribution is 2.40. The molecule has 1 saturated carbocycles. The van der Waals surface area contributed by atoms with Crippen LogP contribution < -0.4 is 0 Å². The van der Waals surface area contributed by atoms with Gasteiger partial charge in [0.2, 0.25) is 0 Å². The van der Waals surface area contributed by atoms with E-state index in [0.717, 1.165) is 24.2 Å². The first-order chi connectivity index (χ1) is 10.7. The van der Waals surface area contributed by atoms with Gasteiger partial charge in [-0.1, -0.05) is 47.6 Å². The van der Waals surface area contributed by atoms with Gasteiger partial charge in [-0.25, -0.2) is 0 Å². The standard InChI is InChI=1S/C22H30/c1-3-18-8-12-21(13-9-18)22-14-10-20(11-15-22)16-19-6-4-17(2)5-7-19/h3-7,10,18,21-22H,1,8-9,11-16H2,2H3. The summed E-state index contributed by atoms with van der Waals surface area (Å²) >= 11 is 0. The first kappa shape index (κ1) is 15.6. The second-order valence-electron chi connectivity index (χ2n) is 7.47. The summed E-state index contributed by atoms with van der Waals surface area (Å²) in [5.41, 5.74) is 4.50. The summed E-state index contributed by atoms with van der Waals surface area (Å²) in [6.07, 6.45) is 15.6. The zero-order valence-electron chi connectivity index (χ0n) is 14.1. The minimum absolute atomic E-state index is 0.799. The highest BCUT2D eigenvalue weighted by molar-refractivity contribution is 5.26. The first-order valence-electron chi connectivity index (χ1n) is 9.10. The van der Waals surface area contributed by atoms with E-state index in [1.807, 2.05) is 0 Å². The van der Waals surface area contributed by atoms with Gasteiger partial charge in [0.05, 0.1) is 0 Å². The van der Waals surface area contributed by atoms with Gasteiger partial charge < -0.3 is 0 Å². The van der Waals surface area contributed by atoms with Gasteiger partial charge >= 0.3 is 0 Å². The lowest BCUT2D eigenvalue weighted by molar-refractivity contribution is 0.209. The Balaban J connectivity index is 1.51. The molecule has 0 aliphatic heterocycles. The van der Waals surface area contributed by atoms with Crippen LogP contribution in [0.2, 0.25) is 0 Å². The molecule has 1 aromatic carbocycles. The fourth-order valence-corrected chi connectivity index (χ4v) is 4.32. The molecule has 0 N–H and O–H groups in total. The molecule has 0 spiro atoms. The van der Waals surface area contributed by atoms with Gasteiger partial charge in [0.1, 0.15) is 0 Å². The average molecular weight is 294 g/mol. The molecule has 0 aromatic heterocycles. The lowest BCUT2D eigenvalue weighted by Gasteiger charge is -2.34. The summed E-state index contributed by atoms with van der Waals surface area (Å²) in [6, 6.07) is 9.05. The van der Waals surface area contributed by atoms with Crippen LogP contribution in [0, 0.1) is 24.7 Å². The van der Waals surface area contributed by atoms with Crippen molar-refractivity contribution in [2.75, 3.05) is 0 Å². The average Bonchev–Trinajstić information content (AvgIpc) is 2.58. The highest BCUT2D eigenvalue weighted by Gasteiger charge is 2.27. The van der Waals surface area contributed by atoms with Crippen LogP contribution in [-0.2, 0) is 6.42 Å². The third-order valence-corrected chi connectivity index (χ3v) is 5.91. The molecule has 118 valence electrons. The van der Waals surface area contributed by atoms with Crippen LogP contribution in [0.15, 0.2) is 48.6 Å². The molecule has 0 nitrogen and oxygen atoms in total. The van der Waals surface area contributed by atoms with Crippen molar-refractivity contribution in [3.05, 3.63) is 59.7 Å². The molecule has 2 aliphatic rings. The summed E-state index contributed by atoms with van der Waals surface area (Å²) < 4.78 is 0. The second kappa shape index (κ2) is 7.31. The predicted octanol–water partition coefficient (Wildman–Crippen LogP) is 6.26. The fraction of sp³-hybridized carbons (Fsp3) is 0.545. The van der Waals surface area contributed by atoms with Crippen molar-refractivity contribution < 1.29 is 0 Å². The normalized spacial score (nSPS) is 29.0. The zero-order valence-corrected chi connectivity index (χ0v) is 14.1. The third kappa shape index (κ3) is 3.91. The maximum Gasteiger partial charge on any atom is -0.00671 e. The topological polar surface area (TPSA) is 0 Å². The molecule has 1 unspecified atom stereocenters. The van der Waals surface area contributed by atoms with Crippen molar-refractivity contribution in [3.63, 3.8) is 0 Å². The highest BCUT2D eigenvalue weighted by atomic mass is 14.3. The Morgan fingerprint density at radius 3 is 2.32 bits per heavy atom. The molecule has 3 rings (SSSR count). The first-order valence-corrected chi connectivity index (χ1v) is 9.10. The molecule has 0 bridgehead atoms. The maximum absolute atomic E-state index is 3.97. The molecule has 0 saturated heterocycles. The van der Waals surface area contributed by atoms with E-state index in [9.17, 15) is 0 Å². The van der Waals surface area contributed by atoms with E-state index in [4.69, 9.17) is 0 Å². The maximum atomic E-state index is 3.97. The molecule has 2 aliphatic carbocycles. The SMILES string of the molecule is C=CC1CCC(C2CC=C(Cc3ccc(C)cc3)CC2)CC1. The van der Waals surface area contributed by atoms with Crippen LogP contribution in [0.3, 0.4) is 0 Å². The van der Waals surface area contributed by atoms with E-state index in [1.165, 1.54) is 56.1 Å². The van der Waals surface area contributed by atoms with Gasteiger partial charge in [0.15, 0.2) is 0 Å². The van der Waals surface area contributed by atoms with Crippen molar-refractivity contribution in [2.24, 2.45) is 17.8 Å². The van der Waals surface area contributed by atoms with E-state index in [0.29, 0.717) is 0 Å². The van der Waals surface area contributed by atoms with E-state index in [2.05, 4.69) is 49.9 Å². The van der Waals surface area contributed by atoms with E-state index < -0.39 is 0 Å². The van der Waals surface area contributed by atoms with Crippen molar-refractivity contribution in [1.82, 2.24) is 0 Å². The molecule has 1 aromatic rings.